The predicted molar refractivity (Wildman–Crippen MR) is 74.2 cm³/mol. The largest absolute Gasteiger partial charge is 0.454 e. The molecule has 1 aromatic rings. The third-order valence-corrected chi connectivity index (χ3v) is 4.16. The first-order valence-electron chi connectivity index (χ1n) is 6.89. The maximum absolute atomic E-state index is 11.2. The average molecular weight is 278 g/mol. The van der Waals surface area contributed by atoms with Crippen molar-refractivity contribution < 1.29 is 14.4 Å². The van der Waals surface area contributed by atoms with Crippen LogP contribution in [0.3, 0.4) is 0 Å². The molecule has 1 heterocycles. The van der Waals surface area contributed by atoms with Gasteiger partial charge in [0.1, 0.15) is 5.69 Å². The highest BCUT2D eigenvalue weighted by Gasteiger charge is 2.33. The van der Waals surface area contributed by atoms with E-state index < -0.39 is 0 Å². The van der Waals surface area contributed by atoms with Gasteiger partial charge in [-0.15, -0.1) is 0 Å². The molecule has 1 N–H and O–H groups in total. The minimum Gasteiger partial charge on any atom is -0.454 e. The Morgan fingerprint density at radius 3 is 2.55 bits per heavy atom. The molecular formula is C14H18N2O4. The van der Waals surface area contributed by atoms with Crippen LogP contribution in [0.2, 0.25) is 0 Å². The Morgan fingerprint density at radius 2 is 1.95 bits per heavy atom. The smallest absolute Gasteiger partial charge is 0.296 e. The highest BCUT2D eigenvalue weighted by atomic mass is 16.7. The number of anilines is 1. The number of nitro groups is 1. The third kappa shape index (κ3) is 2.26. The van der Waals surface area contributed by atoms with E-state index in [0.29, 0.717) is 35.1 Å². The number of nitrogens with zero attached hydrogens (tertiary/aromatic N) is 1. The Bertz CT molecular complexity index is 538. The summed E-state index contributed by atoms with van der Waals surface area (Å²) >= 11 is 0. The Labute approximate surface area is 117 Å². The second-order valence-corrected chi connectivity index (χ2v) is 5.80. The van der Waals surface area contributed by atoms with Crippen LogP contribution in [0.25, 0.3) is 0 Å². The first-order chi connectivity index (χ1) is 9.54. The van der Waals surface area contributed by atoms with Crippen LogP contribution in [0.15, 0.2) is 12.1 Å². The summed E-state index contributed by atoms with van der Waals surface area (Å²) in [4.78, 5) is 10.8. The molecular weight excluding hydrogens is 260 g/mol. The van der Waals surface area contributed by atoms with Crippen molar-refractivity contribution in [3.05, 3.63) is 22.2 Å². The molecule has 0 amide bonds. The molecule has 2 aliphatic rings. The van der Waals surface area contributed by atoms with Crippen molar-refractivity contribution >= 4 is 11.4 Å². The number of hydrogen-bond acceptors (Lipinski definition) is 5. The summed E-state index contributed by atoms with van der Waals surface area (Å²) < 4.78 is 10.5. The second-order valence-electron chi connectivity index (χ2n) is 5.80. The third-order valence-electron chi connectivity index (χ3n) is 4.16. The van der Waals surface area contributed by atoms with Crippen LogP contribution in [0.4, 0.5) is 11.4 Å². The monoisotopic (exact) mass is 278 g/mol. The summed E-state index contributed by atoms with van der Waals surface area (Å²) in [6, 6.07) is 3.41. The molecule has 6 nitrogen and oxygen atoms in total. The quantitative estimate of drug-likeness (QED) is 0.676. The first-order valence-corrected chi connectivity index (χ1v) is 6.89. The Hall–Kier alpha value is -1.98. The number of nitro benzene ring substituents is 1. The van der Waals surface area contributed by atoms with Crippen LogP contribution in [-0.4, -0.2) is 17.8 Å². The molecule has 0 unspecified atom stereocenters. The minimum absolute atomic E-state index is 0.0437. The van der Waals surface area contributed by atoms with Crippen LogP contribution in [0.5, 0.6) is 11.5 Å². The second kappa shape index (κ2) is 4.85. The summed E-state index contributed by atoms with van der Waals surface area (Å²) in [5.74, 6) is 2.38. The van der Waals surface area contributed by atoms with Gasteiger partial charge in [0.25, 0.3) is 5.69 Å². The predicted octanol–water partition coefficient (Wildman–Crippen LogP) is 3.17. The fourth-order valence-corrected chi connectivity index (χ4v) is 2.74. The van der Waals surface area contributed by atoms with Crippen molar-refractivity contribution in [2.45, 2.75) is 32.7 Å². The van der Waals surface area contributed by atoms with E-state index in [0.717, 1.165) is 12.8 Å². The van der Waals surface area contributed by atoms with Gasteiger partial charge < -0.3 is 14.8 Å². The van der Waals surface area contributed by atoms with Gasteiger partial charge in [0.2, 0.25) is 6.79 Å². The Kier molecular flexibility index (Phi) is 3.16. The molecule has 1 fully saturated rings. The van der Waals surface area contributed by atoms with Crippen LogP contribution >= 0.6 is 0 Å². The molecule has 0 radical (unpaired) electrons. The van der Waals surface area contributed by atoms with E-state index in [1.807, 2.05) is 0 Å². The summed E-state index contributed by atoms with van der Waals surface area (Å²) in [7, 11) is 0. The molecule has 1 aliphatic carbocycles. The van der Waals surface area contributed by atoms with Crippen LogP contribution < -0.4 is 14.8 Å². The Balaban J connectivity index is 1.77. The molecule has 0 atom stereocenters. The van der Waals surface area contributed by atoms with Gasteiger partial charge >= 0.3 is 0 Å². The first kappa shape index (κ1) is 13.0. The van der Waals surface area contributed by atoms with Gasteiger partial charge in [0.15, 0.2) is 11.5 Å². The molecule has 3 rings (SSSR count). The molecule has 1 saturated carbocycles. The molecule has 0 saturated heterocycles. The fraction of sp³-hybridized carbons (Fsp3) is 0.571. The van der Waals surface area contributed by atoms with E-state index in [-0.39, 0.29) is 17.4 Å². The van der Waals surface area contributed by atoms with Crippen molar-refractivity contribution in [1.82, 2.24) is 0 Å². The van der Waals surface area contributed by atoms with Crippen molar-refractivity contribution in [3.8, 4) is 11.5 Å². The summed E-state index contributed by atoms with van der Waals surface area (Å²) in [5, 5.41) is 14.4. The van der Waals surface area contributed by atoms with E-state index in [4.69, 9.17) is 9.47 Å². The number of hydrogen-bond donors (Lipinski definition) is 1. The minimum atomic E-state index is -0.386. The van der Waals surface area contributed by atoms with Gasteiger partial charge in [-0.25, -0.2) is 0 Å². The van der Waals surface area contributed by atoms with Gasteiger partial charge in [0.05, 0.1) is 11.0 Å². The molecule has 6 heteroatoms. The molecule has 0 aromatic heterocycles. The maximum Gasteiger partial charge on any atom is 0.296 e. The van der Waals surface area contributed by atoms with Crippen LogP contribution in [0.1, 0.15) is 26.7 Å². The summed E-state index contributed by atoms with van der Waals surface area (Å²) in [6.45, 7) is 4.54. The number of ether oxygens (including phenoxy) is 2. The van der Waals surface area contributed by atoms with Crippen molar-refractivity contribution in [1.29, 1.82) is 0 Å². The van der Waals surface area contributed by atoms with Crippen molar-refractivity contribution in [3.63, 3.8) is 0 Å². The van der Waals surface area contributed by atoms with Gasteiger partial charge in [0, 0.05) is 12.1 Å². The zero-order chi connectivity index (χ0) is 14.3. The van der Waals surface area contributed by atoms with Gasteiger partial charge in [-0.2, -0.15) is 0 Å². The van der Waals surface area contributed by atoms with Crippen LogP contribution in [0, 0.1) is 22.0 Å². The summed E-state index contributed by atoms with van der Waals surface area (Å²) in [5.41, 5.74) is 0.564. The topological polar surface area (TPSA) is 73.6 Å². The standard InChI is InChI=1S/C14H18N2O4/c1-8(2)9-3-10(4-9)15-11-5-13-14(20-7-19-13)6-12(11)16(17)18/h5-6,8-10,15H,3-4,7H2,1-2H3. The van der Waals surface area contributed by atoms with Crippen molar-refractivity contribution in [2.24, 2.45) is 11.8 Å². The highest BCUT2D eigenvalue weighted by molar-refractivity contribution is 5.69. The number of benzene rings is 1. The van der Waals surface area contributed by atoms with Crippen molar-refractivity contribution in [2.75, 3.05) is 12.1 Å². The zero-order valence-electron chi connectivity index (χ0n) is 11.6. The molecule has 0 spiro atoms. The zero-order valence-corrected chi connectivity index (χ0v) is 11.6. The number of rotatable bonds is 4. The fourth-order valence-electron chi connectivity index (χ4n) is 2.74. The lowest BCUT2D eigenvalue weighted by Gasteiger charge is -2.38. The highest BCUT2D eigenvalue weighted by Crippen LogP contribution is 2.43. The van der Waals surface area contributed by atoms with E-state index in [9.17, 15) is 10.1 Å². The maximum atomic E-state index is 11.2. The van der Waals surface area contributed by atoms with Gasteiger partial charge in [-0.05, 0) is 24.7 Å². The lowest BCUT2D eigenvalue weighted by Crippen LogP contribution is -2.38. The van der Waals surface area contributed by atoms with E-state index in [1.54, 1.807) is 6.07 Å². The average Bonchev–Trinajstić information content (AvgIpc) is 2.78. The lowest BCUT2D eigenvalue weighted by molar-refractivity contribution is -0.384. The number of nitrogens with one attached hydrogen (secondary N) is 1. The lowest BCUT2D eigenvalue weighted by atomic mass is 9.73. The molecule has 1 aliphatic heterocycles. The van der Waals surface area contributed by atoms with E-state index in [2.05, 4.69) is 19.2 Å². The van der Waals surface area contributed by atoms with E-state index in [1.165, 1.54) is 6.07 Å². The van der Waals surface area contributed by atoms with E-state index >= 15 is 0 Å². The molecule has 20 heavy (non-hydrogen) atoms. The van der Waals surface area contributed by atoms with Gasteiger partial charge in [-0.3, -0.25) is 10.1 Å². The molecule has 0 bridgehead atoms. The Morgan fingerprint density at radius 1 is 1.30 bits per heavy atom. The number of fused-ring (bicyclic) bond motifs is 1. The normalized spacial score (nSPS) is 23.6. The SMILES string of the molecule is CC(C)C1CC(Nc2cc3c(cc2[N+](=O)[O-])OCO3)C1. The molecule has 108 valence electrons. The molecule has 1 aromatic carbocycles. The van der Waals surface area contributed by atoms with Gasteiger partial charge in [-0.1, -0.05) is 13.8 Å². The van der Waals surface area contributed by atoms with Crippen LogP contribution in [-0.2, 0) is 0 Å². The summed E-state index contributed by atoms with van der Waals surface area (Å²) in [6.07, 6.45) is 2.12.